The van der Waals surface area contributed by atoms with E-state index in [9.17, 15) is 4.79 Å². The summed E-state index contributed by atoms with van der Waals surface area (Å²) in [6.07, 6.45) is 0. The van der Waals surface area contributed by atoms with Gasteiger partial charge in [0.05, 0.1) is 4.88 Å². The second kappa shape index (κ2) is 4.51. The van der Waals surface area contributed by atoms with Crippen molar-refractivity contribution in [2.75, 3.05) is 6.54 Å². The van der Waals surface area contributed by atoms with E-state index in [1.165, 1.54) is 20.7 Å². The maximum atomic E-state index is 11.7. The molecule has 15 heavy (non-hydrogen) atoms. The van der Waals surface area contributed by atoms with E-state index in [0.717, 1.165) is 4.88 Å². The molecular weight excluding hydrogens is 250 g/mol. The van der Waals surface area contributed by atoms with Gasteiger partial charge in [0.1, 0.15) is 0 Å². The minimum Gasteiger partial charge on any atom is -0.350 e. The molecule has 0 saturated heterocycles. The maximum absolute atomic E-state index is 11.7. The molecule has 0 saturated carbocycles. The molecule has 1 N–H and O–H groups in total. The van der Waals surface area contributed by atoms with Gasteiger partial charge in [-0.15, -0.1) is 34.3 Å². The van der Waals surface area contributed by atoms with Gasteiger partial charge >= 0.3 is 0 Å². The third-order valence-corrected chi connectivity index (χ3v) is 4.15. The van der Waals surface area contributed by atoms with Crippen LogP contribution in [0.1, 0.15) is 16.6 Å². The van der Waals surface area contributed by atoms with Crippen LogP contribution in [0.4, 0.5) is 0 Å². The smallest absolute Gasteiger partial charge is 0.261 e. The molecule has 0 spiro atoms. The Morgan fingerprint density at radius 3 is 3.07 bits per heavy atom. The second-order valence-corrected chi connectivity index (χ2v) is 6.03. The van der Waals surface area contributed by atoms with Crippen LogP contribution < -0.4 is 5.32 Å². The number of halogens is 1. The average Bonchev–Trinajstić information content (AvgIpc) is 2.72. The molecule has 2 rings (SSSR count). The predicted octanol–water partition coefficient (Wildman–Crippen LogP) is 3.32. The zero-order valence-electron chi connectivity index (χ0n) is 8.12. The van der Waals surface area contributed by atoms with Crippen LogP contribution in [0.25, 0.3) is 9.40 Å². The molecule has 0 aliphatic rings. The largest absolute Gasteiger partial charge is 0.350 e. The molecule has 0 aliphatic carbocycles. The van der Waals surface area contributed by atoms with Crippen LogP contribution in [0.3, 0.4) is 0 Å². The highest BCUT2D eigenvalue weighted by Gasteiger charge is 2.10. The van der Waals surface area contributed by atoms with Crippen molar-refractivity contribution in [3.05, 3.63) is 22.4 Å². The predicted molar refractivity (Wildman–Crippen MR) is 67.4 cm³/mol. The number of rotatable bonds is 3. The fraction of sp³-hybridized carbons (Fsp3) is 0.300. The van der Waals surface area contributed by atoms with Gasteiger partial charge in [0, 0.05) is 21.3 Å². The van der Waals surface area contributed by atoms with Gasteiger partial charge in [0.25, 0.3) is 5.91 Å². The minimum atomic E-state index is -0.0324. The Bertz CT molecular complexity index is 446. The maximum Gasteiger partial charge on any atom is 0.261 e. The summed E-state index contributed by atoms with van der Waals surface area (Å²) >= 11 is 8.93. The molecule has 2 nitrogen and oxygen atoms in total. The summed E-state index contributed by atoms with van der Waals surface area (Å²) in [7, 11) is 0. The first-order chi connectivity index (χ1) is 7.16. The van der Waals surface area contributed by atoms with Gasteiger partial charge in [0.15, 0.2) is 0 Å². The SMILES string of the molecule is CC(Cl)CNC(=O)c1cc2sccc2s1. The third kappa shape index (κ3) is 2.51. The van der Waals surface area contributed by atoms with Gasteiger partial charge < -0.3 is 5.32 Å². The molecule has 1 amide bonds. The first-order valence-corrected chi connectivity index (χ1v) is 6.69. The van der Waals surface area contributed by atoms with Gasteiger partial charge in [-0.1, -0.05) is 0 Å². The van der Waals surface area contributed by atoms with Crippen LogP contribution in [-0.4, -0.2) is 17.8 Å². The van der Waals surface area contributed by atoms with Crippen molar-refractivity contribution in [1.29, 1.82) is 0 Å². The molecule has 80 valence electrons. The fourth-order valence-corrected chi connectivity index (χ4v) is 3.30. The Hall–Kier alpha value is -0.580. The number of carbonyl (C=O) groups excluding carboxylic acids is 1. The number of thiophene rings is 2. The molecule has 0 bridgehead atoms. The molecule has 0 radical (unpaired) electrons. The lowest BCUT2D eigenvalue weighted by Crippen LogP contribution is -2.27. The summed E-state index contributed by atoms with van der Waals surface area (Å²) in [4.78, 5) is 12.4. The van der Waals surface area contributed by atoms with E-state index in [1.807, 2.05) is 24.4 Å². The van der Waals surface area contributed by atoms with E-state index in [0.29, 0.717) is 6.54 Å². The molecule has 0 aliphatic heterocycles. The number of fused-ring (bicyclic) bond motifs is 1. The van der Waals surface area contributed by atoms with Crippen molar-refractivity contribution in [2.24, 2.45) is 0 Å². The highest BCUT2D eigenvalue weighted by molar-refractivity contribution is 7.27. The van der Waals surface area contributed by atoms with Crippen LogP contribution in [-0.2, 0) is 0 Å². The number of hydrogen-bond donors (Lipinski definition) is 1. The lowest BCUT2D eigenvalue weighted by molar-refractivity contribution is 0.0958. The molecule has 2 aromatic rings. The van der Waals surface area contributed by atoms with Gasteiger partial charge in [-0.05, 0) is 24.4 Å². The highest BCUT2D eigenvalue weighted by Crippen LogP contribution is 2.29. The first-order valence-electron chi connectivity index (χ1n) is 4.56. The Morgan fingerprint density at radius 1 is 1.60 bits per heavy atom. The standard InChI is InChI=1S/C10H10ClNOS2/c1-6(11)5-12-10(13)9-4-8-7(15-9)2-3-14-8/h2-4,6H,5H2,1H3,(H,12,13). The number of nitrogens with one attached hydrogen (secondary N) is 1. The summed E-state index contributed by atoms with van der Waals surface area (Å²) in [5, 5.41) is 4.79. The van der Waals surface area contributed by atoms with Crippen molar-refractivity contribution in [3.8, 4) is 0 Å². The van der Waals surface area contributed by atoms with Crippen LogP contribution in [0.2, 0.25) is 0 Å². The van der Waals surface area contributed by atoms with Crippen molar-refractivity contribution in [1.82, 2.24) is 5.32 Å². The van der Waals surface area contributed by atoms with E-state index >= 15 is 0 Å². The van der Waals surface area contributed by atoms with Crippen LogP contribution in [0.15, 0.2) is 17.5 Å². The molecule has 0 fully saturated rings. The zero-order chi connectivity index (χ0) is 10.8. The normalized spacial score (nSPS) is 12.9. The summed E-state index contributed by atoms with van der Waals surface area (Å²) < 4.78 is 2.34. The number of carbonyl (C=O) groups is 1. The molecule has 2 heterocycles. The summed E-state index contributed by atoms with van der Waals surface area (Å²) in [5.74, 6) is -0.0316. The van der Waals surface area contributed by atoms with Crippen molar-refractivity contribution in [3.63, 3.8) is 0 Å². The summed E-state index contributed by atoms with van der Waals surface area (Å²) in [5.41, 5.74) is 0. The van der Waals surface area contributed by atoms with Gasteiger partial charge in [0.2, 0.25) is 0 Å². The molecule has 2 aromatic heterocycles. The molecule has 5 heteroatoms. The van der Waals surface area contributed by atoms with Crippen molar-refractivity contribution >= 4 is 49.6 Å². The quantitative estimate of drug-likeness (QED) is 0.842. The lowest BCUT2D eigenvalue weighted by atomic mass is 10.4. The Kier molecular flexibility index (Phi) is 3.29. The van der Waals surface area contributed by atoms with E-state index in [2.05, 4.69) is 5.32 Å². The zero-order valence-corrected chi connectivity index (χ0v) is 10.5. The molecule has 0 aromatic carbocycles. The summed E-state index contributed by atoms with van der Waals surface area (Å²) in [6, 6.07) is 3.96. The Labute approximate surface area is 101 Å². The fourth-order valence-electron chi connectivity index (χ4n) is 1.20. The number of amides is 1. The third-order valence-electron chi connectivity index (χ3n) is 1.91. The van der Waals surface area contributed by atoms with E-state index < -0.39 is 0 Å². The number of alkyl halides is 1. The Morgan fingerprint density at radius 2 is 2.40 bits per heavy atom. The molecule has 1 unspecified atom stereocenters. The Balaban J connectivity index is 2.10. The summed E-state index contributed by atoms with van der Waals surface area (Å²) in [6.45, 7) is 2.36. The number of hydrogen-bond acceptors (Lipinski definition) is 3. The van der Waals surface area contributed by atoms with Gasteiger partial charge in [-0.25, -0.2) is 0 Å². The van der Waals surface area contributed by atoms with Crippen molar-refractivity contribution < 1.29 is 4.79 Å². The average molecular weight is 260 g/mol. The second-order valence-electron chi connectivity index (χ2n) is 3.25. The highest BCUT2D eigenvalue weighted by atomic mass is 35.5. The van der Waals surface area contributed by atoms with Gasteiger partial charge in [-0.3, -0.25) is 4.79 Å². The topological polar surface area (TPSA) is 29.1 Å². The van der Waals surface area contributed by atoms with E-state index in [1.54, 1.807) is 11.3 Å². The first kappa shape index (κ1) is 10.9. The minimum absolute atomic E-state index is 0.0316. The van der Waals surface area contributed by atoms with E-state index in [-0.39, 0.29) is 11.3 Å². The van der Waals surface area contributed by atoms with Crippen LogP contribution in [0.5, 0.6) is 0 Å². The van der Waals surface area contributed by atoms with Crippen LogP contribution >= 0.6 is 34.3 Å². The lowest BCUT2D eigenvalue weighted by Gasteiger charge is -2.03. The van der Waals surface area contributed by atoms with Gasteiger partial charge in [-0.2, -0.15) is 0 Å². The molecular formula is C10H10ClNOS2. The monoisotopic (exact) mass is 259 g/mol. The molecule has 1 atom stereocenters. The van der Waals surface area contributed by atoms with Crippen LogP contribution in [0, 0.1) is 0 Å². The van der Waals surface area contributed by atoms with Crippen molar-refractivity contribution in [2.45, 2.75) is 12.3 Å². The van der Waals surface area contributed by atoms with E-state index in [4.69, 9.17) is 11.6 Å².